The second kappa shape index (κ2) is 6.87. The topological polar surface area (TPSA) is 39.5 Å². The third-order valence-electron chi connectivity index (χ3n) is 3.34. The number of methoxy groups -OCH3 is 1. The molecule has 1 aliphatic rings. The molecule has 2 rings (SSSR count). The van der Waals surface area contributed by atoms with Crippen molar-refractivity contribution in [2.75, 3.05) is 40.5 Å². The molecule has 1 aliphatic heterocycles. The van der Waals surface area contributed by atoms with E-state index < -0.39 is 0 Å². The van der Waals surface area contributed by atoms with Gasteiger partial charge in [0.25, 0.3) is 0 Å². The summed E-state index contributed by atoms with van der Waals surface area (Å²) in [6, 6.07) is 0. The molecule has 0 aromatic carbocycles. The monoisotopic (exact) mass is 253 g/mol. The fourth-order valence-corrected chi connectivity index (χ4v) is 2.36. The number of hydrogen-bond acceptors (Lipinski definition) is 4. The van der Waals surface area contributed by atoms with Gasteiger partial charge in [0.2, 0.25) is 0 Å². The Balaban J connectivity index is 1.81. The van der Waals surface area contributed by atoms with E-state index in [1.165, 1.54) is 6.42 Å². The van der Waals surface area contributed by atoms with Crippen LogP contribution in [0.15, 0.2) is 12.4 Å². The predicted molar refractivity (Wildman–Crippen MR) is 69.4 cm³/mol. The van der Waals surface area contributed by atoms with Crippen LogP contribution in [0, 0.1) is 5.92 Å². The first kappa shape index (κ1) is 13.5. The highest BCUT2D eigenvalue weighted by Crippen LogP contribution is 2.14. The normalized spacial score (nSPS) is 19.8. The maximum atomic E-state index is 5.41. The number of hydrogen-bond donors (Lipinski definition) is 0. The summed E-state index contributed by atoms with van der Waals surface area (Å²) in [5, 5.41) is 0. The highest BCUT2D eigenvalue weighted by atomic mass is 16.5. The molecule has 0 spiro atoms. The van der Waals surface area contributed by atoms with E-state index in [0.29, 0.717) is 5.92 Å². The Kier molecular flexibility index (Phi) is 5.16. The Labute approximate surface area is 109 Å². The minimum atomic E-state index is 0.678. The third kappa shape index (κ3) is 3.80. The highest BCUT2D eigenvalue weighted by Gasteiger charge is 2.18. The van der Waals surface area contributed by atoms with E-state index in [-0.39, 0.29) is 0 Å². The maximum absolute atomic E-state index is 5.41. The molecule has 0 bridgehead atoms. The van der Waals surface area contributed by atoms with Gasteiger partial charge in [-0.2, -0.15) is 0 Å². The van der Waals surface area contributed by atoms with Crippen LogP contribution >= 0.6 is 0 Å². The lowest BCUT2D eigenvalue weighted by Gasteiger charge is -2.20. The van der Waals surface area contributed by atoms with Crippen LogP contribution in [0.3, 0.4) is 0 Å². The van der Waals surface area contributed by atoms with Crippen molar-refractivity contribution in [3.8, 4) is 0 Å². The van der Waals surface area contributed by atoms with Crippen molar-refractivity contribution in [2.45, 2.75) is 19.5 Å². The van der Waals surface area contributed by atoms with E-state index in [2.05, 4.69) is 21.5 Å². The predicted octanol–water partition coefficient (Wildman–Crippen LogP) is 0.998. The molecule has 1 saturated heterocycles. The van der Waals surface area contributed by atoms with Crippen LogP contribution < -0.4 is 0 Å². The van der Waals surface area contributed by atoms with Crippen LogP contribution in [0.25, 0.3) is 0 Å². The van der Waals surface area contributed by atoms with Crippen molar-refractivity contribution in [3.63, 3.8) is 0 Å². The molecular formula is C13H23N3O2. The summed E-state index contributed by atoms with van der Waals surface area (Å²) in [7, 11) is 3.87. The van der Waals surface area contributed by atoms with Gasteiger partial charge >= 0.3 is 0 Å². The lowest BCUT2D eigenvalue weighted by atomic mass is 10.1. The lowest BCUT2D eigenvalue weighted by Crippen LogP contribution is -2.27. The molecule has 0 aliphatic carbocycles. The van der Waals surface area contributed by atoms with E-state index in [0.717, 1.165) is 45.3 Å². The molecule has 0 amide bonds. The van der Waals surface area contributed by atoms with Gasteiger partial charge in [0.1, 0.15) is 5.82 Å². The summed E-state index contributed by atoms with van der Waals surface area (Å²) in [4.78, 5) is 6.74. The summed E-state index contributed by atoms with van der Waals surface area (Å²) in [5.41, 5.74) is 0. The summed E-state index contributed by atoms with van der Waals surface area (Å²) < 4.78 is 12.7. The van der Waals surface area contributed by atoms with Crippen molar-refractivity contribution < 1.29 is 9.47 Å². The molecule has 2 heterocycles. The van der Waals surface area contributed by atoms with Crippen LogP contribution in [-0.2, 0) is 22.6 Å². The number of rotatable bonds is 7. The van der Waals surface area contributed by atoms with E-state index in [1.807, 2.05) is 12.4 Å². The van der Waals surface area contributed by atoms with Crippen molar-refractivity contribution in [2.24, 2.45) is 5.92 Å². The second-order valence-electron chi connectivity index (χ2n) is 4.96. The first-order chi connectivity index (χ1) is 8.79. The molecular weight excluding hydrogens is 230 g/mol. The van der Waals surface area contributed by atoms with Crippen LogP contribution in [0.2, 0.25) is 0 Å². The largest absolute Gasteiger partial charge is 0.383 e. The van der Waals surface area contributed by atoms with Crippen LogP contribution in [0.4, 0.5) is 0 Å². The number of aromatic nitrogens is 2. The lowest BCUT2D eigenvalue weighted by molar-refractivity contribution is 0.170. The quantitative estimate of drug-likeness (QED) is 0.727. The fraction of sp³-hybridized carbons (Fsp3) is 0.769. The standard InChI is InChI=1S/C13H23N3O2/c1-15(9-12-3-7-18-11-12)10-13-14-4-5-16(13)6-8-17-2/h4-5,12H,3,6-11H2,1-2H3/t12-/m0/s1. The molecule has 5 nitrogen and oxygen atoms in total. The van der Waals surface area contributed by atoms with Gasteiger partial charge < -0.3 is 14.0 Å². The van der Waals surface area contributed by atoms with Gasteiger partial charge in [0, 0.05) is 39.2 Å². The van der Waals surface area contributed by atoms with E-state index >= 15 is 0 Å². The second-order valence-corrected chi connectivity index (χ2v) is 4.96. The zero-order valence-corrected chi connectivity index (χ0v) is 11.3. The van der Waals surface area contributed by atoms with Gasteiger partial charge in [0.15, 0.2) is 0 Å². The summed E-state index contributed by atoms with van der Waals surface area (Å²) in [6.45, 7) is 5.38. The van der Waals surface area contributed by atoms with E-state index in [4.69, 9.17) is 9.47 Å². The zero-order chi connectivity index (χ0) is 12.8. The molecule has 1 aromatic heterocycles. The van der Waals surface area contributed by atoms with Gasteiger partial charge in [-0.05, 0) is 19.4 Å². The molecule has 1 fully saturated rings. The van der Waals surface area contributed by atoms with Crippen molar-refractivity contribution >= 4 is 0 Å². The first-order valence-corrected chi connectivity index (χ1v) is 6.55. The van der Waals surface area contributed by atoms with Gasteiger partial charge in [-0.15, -0.1) is 0 Å². The van der Waals surface area contributed by atoms with Crippen LogP contribution in [0.5, 0.6) is 0 Å². The number of nitrogens with zero attached hydrogens (tertiary/aromatic N) is 3. The minimum absolute atomic E-state index is 0.678. The Morgan fingerprint density at radius 3 is 3.22 bits per heavy atom. The fourth-order valence-electron chi connectivity index (χ4n) is 2.36. The molecule has 1 atom stereocenters. The molecule has 102 valence electrons. The molecule has 5 heteroatoms. The van der Waals surface area contributed by atoms with Gasteiger partial charge in [0.05, 0.1) is 19.8 Å². The van der Waals surface area contributed by atoms with Gasteiger partial charge in [-0.3, -0.25) is 4.90 Å². The maximum Gasteiger partial charge on any atom is 0.122 e. The Morgan fingerprint density at radius 1 is 1.61 bits per heavy atom. The highest BCUT2D eigenvalue weighted by molar-refractivity contribution is 4.92. The molecule has 1 aromatic rings. The van der Waals surface area contributed by atoms with E-state index in [1.54, 1.807) is 7.11 Å². The van der Waals surface area contributed by atoms with Crippen LogP contribution in [0.1, 0.15) is 12.2 Å². The molecule has 0 unspecified atom stereocenters. The Hall–Kier alpha value is -0.910. The first-order valence-electron chi connectivity index (χ1n) is 6.55. The summed E-state index contributed by atoms with van der Waals surface area (Å²) in [5.74, 6) is 1.78. The van der Waals surface area contributed by atoms with Gasteiger partial charge in [-0.1, -0.05) is 0 Å². The van der Waals surface area contributed by atoms with Gasteiger partial charge in [-0.25, -0.2) is 4.98 Å². The van der Waals surface area contributed by atoms with Crippen molar-refractivity contribution in [1.82, 2.24) is 14.5 Å². The summed E-state index contributed by atoms with van der Waals surface area (Å²) >= 11 is 0. The smallest absolute Gasteiger partial charge is 0.122 e. The minimum Gasteiger partial charge on any atom is -0.383 e. The Morgan fingerprint density at radius 2 is 2.50 bits per heavy atom. The SMILES string of the molecule is COCCn1ccnc1CN(C)C[C@@H]1CCOC1. The number of imidazole rings is 1. The average molecular weight is 253 g/mol. The Bertz CT molecular complexity index is 348. The molecule has 0 radical (unpaired) electrons. The number of ether oxygens (including phenoxy) is 2. The van der Waals surface area contributed by atoms with Crippen molar-refractivity contribution in [1.29, 1.82) is 0 Å². The zero-order valence-electron chi connectivity index (χ0n) is 11.3. The average Bonchev–Trinajstić information content (AvgIpc) is 2.98. The van der Waals surface area contributed by atoms with Crippen LogP contribution in [-0.4, -0.2) is 55.0 Å². The molecule has 0 saturated carbocycles. The molecule has 0 N–H and O–H groups in total. The van der Waals surface area contributed by atoms with Crippen molar-refractivity contribution in [3.05, 3.63) is 18.2 Å². The summed E-state index contributed by atoms with van der Waals surface area (Å²) in [6.07, 6.45) is 5.06. The third-order valence-corrected chi connectivity index (χ3v) is 3.34. The molecule has 18 heavy (non-hydrogen) atoms. The van der Waals surface area contributed by atoms with E-state index in [9.17, 15) is 0 Å².